The highest BCUT2D eigenvalue weighted by Gasteiger charge is 2.33. The summed E-state index contributed by atoms with van der Waals surface area (Å²) in [6.45, 7) is 9.49. The maximum absolute atomic E-state index is 12.3. The molecular formula is C25H32ClF3N6O3. The van der Waals surface area contributed by atoms with Crippen LogP contribution in [0.5, 0.6) is 5.75 Å². The Labute approximate surface area is 224 Å². The Hall–Kier alpha value is -3.12. The van der Waals surface area contributed by atoms with Crippen LogP contribution in [0.2, 0.25) is 5.02 Å². The minimum Gasteiger partial charge on any atom is -0.496 e. The summed E-state index contributed by atoms with van der Waals surface area (Å²) in [5.74, 6) is 1.30. The van der Waals surface area contributed by atoms with Gasteiger partial charge in [-0.3, -0.25) is 4.79 Å². The lowest BCUT2D eigenvalue weighted by Crippen LogP contribution is -2.46. The second-order valence-electron chi connectivity index (χ2n) is 9.12. The van der Waals surface area contributed by atoms with Crippen molar-refractivity contribution in [2.45, 2.75) is 65.4 Å². The molecule has 0 aliphatic carbocycles. The minimum atomic E-state index is -3.96. The number of anilines is 1. The molecule has 3 aromatic rings. The van der Waals surface area contributed by atoms with Crippen molar-refractivity contribution in [2.24, 2.45) is 0 Å². The number of methoxy groups -OCH3 is 1. The van der Waals surface area contributed by atoms with E-state index in [0.29, 0.717) is 28.8 Å². The van der Waals surface area contributed by atoms with E-state index in [1.54, 1.807) is 13.4 Å². The Bertz CT molecular complexity index is 1270. The summed E-state index contributed by atoms with van der Waals surface area (Å²) in [6, 6.07) is 1.78. The van der Waals surface area contributed by atoms with Gasteiger partial charge in [0, 0.05) is 28.6 Å². The van der Waals surface area contributed by atoms with E-state index in [1.165, 1.54) is 6.33 Å². The molecule has 0 saturated carbocycles. The first-order valence-corrected chi connectivity index (χ1v) is 12.5. The Morgan fingerprint density at radius 2 is 1.97 bits per heavy atom. The topological polar surface area (TPSA) is 105 Å². The first kappa shape index (κ1) is 29.4. The van der Waals surface area contributed by atoms with Gasteiger partial charge in [0.05, 0.1) is 26.0 Å². The van der Waals surface area contributed by atoms with Crippen LogP contribution >= 0.6 is 11.6 Å². The van der Waals surface area contributed by atoms with E-state index in [1.807, 2.05) is 38.7 Å². The van der Waals surface area contributed by atoms with Crippen molar-refractivity contribution in [3.63, 3.8) is 0 Å². The van der Waals surface area contributed by atoms with E-state index >= 15 is 0 Å². The summed E-state index contributed by atoms with van der Waals surface area (Å²) in [5, 5.41) is 4.01. The molecule has 1 aromatic carbocycles. The van der Waals surface area contributed by atoms with Crippen molar-refractivity contribution in [3.8, 4) is 5.75 Å². The molecule has 13 heteroatoms. The fourth-order valence-electron chi connectivity index (χ4n) is 4.12. The molecular weight excluding hydrogens is 525 g/mol. The predicted molar refractivity (Wildman–Crippen MR) is 138 cm³/mol. The monoisotopic (exact) mass is 556 g/mol. The molecule has 3 heterocycles. The fourth-order valence-corrected chi connectivity index (χ4v) is 4.34. The molecule has 0 radical (unpaired) electrons. The van der Waals surface area contributed by atoms with Gasteiger partial charge in [0.25, 0.3) is 0 Å². The third-order valence-corrected chi connectivity index (χ3v) is 6.63. The number of aromatic amines is 1. The Morgan fingerprint density at radius 3 is 2.58 bits per heavy atom. The number of rotatable bonds is 6. The normalized spacial score (nSPS) is 16.9. The zero-order valence-electron chi connectivity index (χ0n) is 22.1. The minimum absolute atomic E-state index is 0.0162. The molecule has 4 rings (SSSR count). The highest BCUT2D eigenvalue weighted by molar-refractivity contribution is 6.31. The molecule has 2 unspecified atom stereocenters. The van der Waals surface area contributed by atoms with Crippen LogP contribution in [-0.4, -0.2) is 63.2 Å². The van der Waals surface area contributed by atoms with E-state index in [2.05, 4.69) is 25.3 Å². The first-order chi connectivity index (χ1) is 17.9. The number of fused-ring (bicyclic) bond motifs is 1. The molecule has 1 aliphatic heterocycles. The zero-order chi connectivity index (χ0) is 28.2. The van der Waals surface area contributed by atoms with Gasteiger partial charge in [-0.2, -0.15) is 13.2 Å². The zero-order valence-corrected chi connectivity index (χ0v) is 22.9. The molecule has 0 spiro atoms. The molecule has 2 N–H and O–H groups in total. The molecule has 1 saturated heterocycles. The third kappa shape index (κ3) is 6.65. The number of hydrogen-bond acceptors (Lipinski definition) is 7. The van der Waals surface area contributed by atoms with Gasteiger partial charge in [-0.05, 0) is 39.3 Å². The van der Waals surface area contributed by atoms with E-state index in [9.17, 15) is 18.0 Å². The second-order valence-corrected chi connectivity index (χ2v) is 9.52. The van der Waals surface area contributed by atoms with Gasteiger partial charge >= 0.3 is 6.18 Å². The number of morpholine rings is 1. The molecule has 1 aliphatic rings. The van der Waals surface area contributed by atoms with E-state index in [4.69, 9.17) is 21.1 Å². The summed E-state index contributed by atoms with van der Waals surface area (Å²) in [6.07, 6.45) is -1.98. The fraction of sp³-hybridized carbons (Fsp3) is 0.520. The van der Waals surface area contributed by atoms with Crippen molar-refractivity contribution in [2.75, 3.05) is 25.6 Å². The number of amides is 1. The van der Waals surface area contributed by atoms with Crippen LogP contribution in [0.15, 0.2) is 18.7 Å². The highest BCUT2D eigenvalue weighted by atomic mass is 35.5. The Morgan fingerprint density at radius 1 is 1.29 bits per heavy atom. The molecule has 38 heavy (non-hydrogen) atoms. The number of hydrogen-bond donors (Lipinski definition) is 2. The van der Waals surface area contributed by atoms with Crippen molar-refractivity contribution >= 4 is 34.5 Å². The Kier molecular flexibility index (Phi) is 9.42. The molecule has 2 aromatic heterocycles. The molecule has 9 nitrogen and oxygen atoms in total. The number of ether oxygens (including phenoxy) is 2. The molecule has 208 valence electrons. The van der Waals surface area contributed by atoms with Crippen LogP contribution in [0.25, 0.3) is 11.2 Å². The van der Waals surface area contributed by atoms with Crippen molar-refractivity contribution in [3.05, 3.63) is 40.4 Å². The van der Waals surface area contributed by atoms with Crippen LogP contribution in [0.3, 0.4) is 0 Å². The lowest BCUT2D eigenvalue weighted by Gasteiger charge is -2.37. The van der Waals surface area contributed by atoms with Crippen molar-refractivity contribution < 1.29 is 27.4 Å². The summed E-state index contributed by atoms with van der Waals surface area (Å²) in [7, 11) is 1.63. The smallest absolute Gasteiger partial charge is 0.388 e. The largest absolute Gasteiger partial charge is 0.496 e. The summed E-state index contributed by atoms with van der Waals surface area (Å²) in [4.78, 5) is 29.9. The van der Waals surface area contributed by atoms with Crippen LogP contribution in [0.1, 0.15) is 63.0 Å². The summed E-state index contributed by atoms with van der Waals surface area (Å²) < 4.78 is 44.2. The maximum Gasteiger partial charge on any atom is 0.388 e. The van der Waals surface area contributed by atoms with Gasteiger partial charge in [0.1, 0.15) is 30.3 Å². The lowest BCUT2D eigenvalue weighted by molar-refractivity contribution is -0.151. The number of halogens is 4. The average Bonchev–Trinajstić information content (AvgIpc) is 3.35. The molecule has 0 bridgehead atoms. The van der Waals surface area contributed by atoms with Gasteiger partial charge < -0.3 is 24.7 Å². The molecule has 1 fully saturated rings. The van der Waals surface area contributed by atoms with E-state index < -0.39 is 12.6 Å². The number of imidazole rings is 1. The molecule has 2 atom stereocenters. The van der Waals surface area contributed by atoms with Gasteiger partial charge in [-0.25, -0.2) is 15.0 Å². The number of carbonyl (C=O) groups excluding carboxylic acids is 1. The summed E-state index contributed by atoms with van der Waals surface area (Å²) >= 11 is 6.66. The van der Waals surface area contributed by atoms with Gasteiger partial charge in [0.2, 0.25) is 5.91 Å². The standard InChI is InChI=1S/C22H27ClN6O3.C3H5F3/c1-11(2)29-7-16(32-8-17(29)30)18-12(3)15(23)6-14(20(18)31-5)13(4)28-22-19-21(25-9-24-19)26-10-27-22;1-2-3(4,5)6/h6,9-11,13,16H,7-8H2,1-5H3,(H2,24,25,26,27,28);2H2,1H3. The quantitative estimate of drug-likeness (QED) is 0.397. The van der Waals surface area contributed by atoms with Gasteiger partial charge in [-0.1, -0.05) is 18.5 Å². The van der Waals surface area contributed by atoms with Crippen molar-refractivity contribution in [1.29, 1.82) is 0 Å². The van der Waals surface area contributed by atoms with E-state index in [-0.39, 0.29) is 30.7 Å². The van der Waals surface area contributed by atoms with Crippen LogP contribution in [-0.2, 0) is 9.53 Å². The molecule has 1 amide bonds. The average molecular weight is 557 g/mol. The van der Waals surface area contributed by atoms with Crippen LogP contribution in [0.4, 0.5) is 19.0 Å². The SMILES string of the molecule is CCC(F)(F)F.COc1c(C(C)Nc2ncnc3nc[nH]c23)cc(Cl)c(C)c1C1CN(C(C)C)C(=O)CO1. The number of carbonyl (C=O) groups is 1. The second kappa shape index (κ2) is 12.2. The van der Waals surface area contributed by atoms with E-state index in [0.717, 1.165) is 29.1 Å². The van der Waals surface area contributed by atoms with Gasteiger partial charge in [-0.15, -0.1) is 0 Å². The lowest BCUT2D eigenvalue weighted by atomic mass is 9.94. The first-order valence-electron chi connectivity index (χ1n) is 12.1. The maximum atomic E-state index is 12.3. The van der Waals surface area contributed by atoms with Crippen LogP contribution < -0.4 is 10.1 Å². The Balaban J connectivity index is 0.000000599. The number of H-pyrrole nitrogens is 1. The highest BCUT2D eigenvalue weighted by Crippen LogP contribution is 2.42. The predicted octanol–water partition coefficient (Wildman–Crippen LogP) is 5.76. The number of nitrogens with zero attached hydrogens (tertiary/aromatic N) is 4. The van der Waals surface area contributed by atoms with Gasteiger partial charge in [0.15, 0.2) is 11.5 Å². The number of nitrogens with one attached hydrogen (secondary N) is 2. The number of benzene rings is 1. The van der Waals surface area contributed by atoms with Crippen molar-refractivity contribution in [1.82, 2.24) is 24.8 Å². The summed E-state index contributed by atoms with van der Waals surface area (Å²) in [5.41, 5.74) is 3.90. The number of alkyl halides is 3. The van der Waals surface area contributed by atoms with Crippen LogP contribution in [0, 0.1) is 6.92 Å². The number of aromatic nitrogens is 4. The third-order valence-electron chi connectivity index (χ3n) is 6.24.